The van der Waals surface area contributed by atoms with Crippen molar-refractivity contribution in [2.24, 2.45) is 0 Å². The Morgan fingerprint density at radius 1 is 1.25 bits per heavy atom. The van der Waals surface area contributed by atoms with E-state index < -0.39 is 11.7 Å². The summed E-state index contributed by atoms with van der Waals surface area (Å²) in [5.41, 5.74) is 1.18. The van der Waals surface area contributed by atoms with E-state index in [9.17, 15) is 18.0 Å². The molecule has 1 aliphatic rings. The molecule has 0 saturated carbocycles. The van der Waals surface area contributed by atoms with Gasteiger partial charge in [-0.25, -0.2) is 9.97 Å². The summed E-state index contributed by atoms with van der Waals surface area (Å²) < 4.78 is 46.3. The van der Waals surface area contributed by atoms with Crippen LogP contribution >= 0.6 is 0 Å². The van der Waals surface area contributed by atoms with E-state index in [-0.39, 0.29) is 12.0 Å². The number of fused-ring (bicyclic) bond motifs is 1. The maximum absolute atomic E-state index is 13.1. The molecule has 0 radical (unpaired) electrons. The third kappa shape index (κ3) is 3.45. The second-order valence-electron chi connectivity index (χ2n) is 6.56. The Morgan fingerprint density at radius 2 is 2.07 bits per heavy atom. The van der Waals surface area contributed by atoms with Gasteiger partial charge in [-0.1, -0.05) is 6.07 Å². The first kappa shape index (κ1) is 18.4. The number of carbonyl (C=O) groups is 1. The summed E-state index contributed by atoms with van der Waals surface area (Å²) in [6.07, 6.45) is -2.33. The number of ether oxygens (including phenoxy) is 1. The molecular weight excluding hydrogens is 373 g/mol. The molecule has 3 aromatic heterocycles. The molecule has 1 amide bonds. The number of halogens is 3. The fourth-order valence-electron chi connectivity index (χ4n) is 3.23. The Kier molecular flexibility index (Phi) is 4.54. The highest BCUT2D eigenvalue weighted by Crippen LogP contribution is 2.31. The quantitative estimate of drug-likeness (QED) is 0.674. The van der Waals surface area contributed by atoms with E-state index in [1.54, 1.807) is 23.1 Å². The van der Waals surface area contributed by atoms with Gasteiger partial charge >= 0.3 is 6.18 Å². The standard InChI is InChI=1S/C19H17F3N4O2/c1-12(27)25-7-8-28-17(11-25)15-4-2-3-14(24-15)16-9-23-18-6-5-13(10-26(16)18)19(20,21)22/h2-6,9-10,17H,7-8,11H2,1H3/t17-/m0/s1. The van der Waals surface area contributed by atoms with Crippen LogP contribution in [0.3, 0.4) is 0 Å². The Balaban J connectivity index is 1.71. The van der Waals surface area contributed by atoms with Crippen LogP contribution in [0.2, 0.25) is 0 Å². The molecule has 28 heavy (non-hydrogen) atoms. The van der Waals surface area contributed by atoms with Gasteiger partial charge in [0.2, 0.25) is 5.91 Å². The molecule has 0 N–H and O–H groups in total. The number of imidazole rings is 1. The first-order chi connectivity index (χ1) is 13.3. The number of morpholine rings is 1. The predicted octanol–water partition coefficient (Wildman–Crippen LogP) is 3.33. The number of amides is 1. The van der Waals surface area contributed by atoms with Crippen LogP contribution < -0.4 is 0 Å². The second-order valence-corrected chi connectivity index (χ2v) is 6.56. The van der Waals surface area contributed by atoms with E-state index >= 15 is 0 Å². The van der Waals surface area contributed by atoms with Crippen molar-refractivity contribution in [3.8, 4) is 11.4 Å². The normalized spacial score (nSPS) is 17.9. The van der Waals surface area contributed by atoms with Crippen molar-refractivity contribution in [1.82, 2.24) is 19.3 Å². The van der Waals surface area contributed by atoms with E-state index in [1.807, 2.05) is 0 Å². The Morgan fingerprint density at radius 3 is 2.82 bits per heavy atom. The third-order valence-electron chi connectivity index (χ3n) is 4.71. The number of hydrogen-bond donors (Lipinski definition) is 0. The van der Waals surface area contributed by atoms with Gasteiger partial charge < -0.3 is 9.64 Å². The van der Waals surface area contributed by atoms with Gasteiger partial charge in [-0.15, -0.1) is 0 Å². The molecule has 0 spiro atoms. The number of alkyl halides is 3. The average Bonchev–Trinajstić information content (AvgIpc) is 3.11. The van der Waals surface area contributed by atoms with Crippen LogP contribution in [0.4, 0.5) is 13.2 Å². The molecule has 0 bridgehead atoms. The topological polar surface area (TPSA) is 59.7 Å². The maximum Gasteiger partial charge on any atom is 0.417 e. The Hall–Kier alpha value is -2.94. The van der Waals surface area contributed by atoms with E-state index in [4.69, 9.17) is 4.74 Å². The van der Waals surface area contributed by atoms with Gasteiger partial charge in [0, 0.05) is 19.7 Å². The Labute approximate surface area is 158 Å². The van der Waals surface area contributed by atoms with Crippen molar-refractivity contribution in [3.05, 3.63) is 54.0 Å². The number of hydrogen-bond acceptors (Lipinski definition) is 4. The van der Waals surface area contributed by atoms with Crippen molar-refractivity contribution in [1.29, 1.82) is 0 Å². The van der Waals surface area contributed by atoms with Crippen molar-refractivity contribution in [3.63, 3.8) is 0 Å². The molecule has 1 aliphatic heterocycles. The summed E-state index contributed by atoms with van der Waals surface area (Å²) >= 11 is 0. The van der Waals surface area contributed by atoms with Crippen LogP contribution in [-0.2, 0) is 15.7 Å². The van der Waals surface area contributed by atoms with Gasteiger partial charge in [0.05, 0.1) is 42.0 Å². The minimum Gasteiger partial charge on any atom is -0.368 e. The van der Waals surface area contributed by atoms with Gasteiger partial charge in [-0.2, -0.15) is 13.2 Å². The molecule has 4 rings (SSSR count). The predicted molar refractivity (Wildman–Crippen MR) is 94.4 cm³/mol. The highest BCUT2D eigenvalue weighted by atomic mass is 19.4. The van der Waals surface area contributed by atoms with Crippen molar-refractivity contribution in [2.75, 3.05) is 19.7 Å². The molecule has 1 fully saturated rings. The zero-order valence-electron chi connectivity index (χ0n) is 15.0. The molecule has 9 heteroatoms. The highest BCUT2D eigenvalue weighted by Gasteiger charge is 2.31. The average molecular weight is 390 g/mol. The number of aromatic nitrogens is 3. The van der Waals surface area contributed by atoms with Crippen LogP contribution in [-0.4, -0.2) is 44.9 Å². The largest absolute Gasteiger partial charge is 0.417 e. The van der Waals surface area contributed by atoms with Crippen LogP contribution in [0, 0.1) is 0 Å². The van der Waals surface area contributed by atoms with Gasteiger partial charge in [0.15, 0.2) is 0 Å². The molecule has 6 nitrogen and oxygen atoms in total. The zero-order valence-corrected chi connectivity index (χ0v) is 15.0. The van der Waals surface area contributed by atoms with Crippen LogP contribution in [0.15, 0.2) is 42.7 Å². The molecule has 146 valence electrons. The number of carbonyl (C=O) groups excluding carboxylic acids is 1. The molecule has 1 atom stereocenters. The third-order valence-corrected chi connectivity index (χ3v) is 4.71. The van der Waals surface area contributed by atoms with E-state index in [1.165, 1.54) is 23.6 Å². The molecule has 0 aliphatic carbocycles. The first-order valence-corrected chi connectivity index (χ1v) is 8.71. The van der Waals surface area contributed by atoms with Gasteiger partial charge in [-0.05, 0) is 24.3 Å². The lowest BCUT2D eigenvalue weighted by atomic mass is 10.1. The fourth-order valence-corrected chi connectivity index (χ4v) is 3.23. The molecule has 1 saturated heterocycles. The van der Waals surface area contributed by atoms with Crippen molar-refractivity contribution < 1.29 is 22.7 Å². The summed E-state index contributed by atoms with van der Waals surface area (Å²) in [5.74, 6) is -0.0362. The van der Waals surface area contributed by atoms with E-state index in [0.717, 1.165) is 12.3 Å². The molecule has 4 heterocycles. The summed E-state index contributed by atoms with van der Waals surface area (Å²) in [6.45, 7) is 2.82. The monoisotopic (exact) mass is 390 g/mol. The van der Waals surface area contributed by atoms with Crippen LogP contribution in [0.5, 0.6) is 0 Å². The summed E-state index contributed by atoms with van der Waals surface area (Å²) in [7, 11) is 0. The minimum absolute atomic E-state index is 0.0362. The van der Waals surface area contributed by atoms with Crippen LogP contribution in [0.25, 0.3) is 17.0 Å². The molecule has 3 aromatic rings. The number of pyridine rings is 2. The van der Waals surface area contributed by atoms with Crippen LogP contribution in [0.1, 0.15) is 24.3 Å². The van der Waals surface area contributed by atoms with Crippen molar-refractivity contribution >= 4 is 11.6 Å². The zero-order chi connectivity index (χ0) is 19.9. The van der Waals surface area contributed by atoms with E-state index in [2.05, 4.69) is 9.97 Å². The number of nitrogens with zero attached hydrogens (tertiary/aromatic N) is 4. The lowest BCUT2D eigenvalue weighted by molar-refractivity contribution is -0.138. The van der Waals surface area contributed by atoms with Gasteiger partial charge in [0.25, 0.3) is 0 Å². The first-order valence-electron chi connectivity index (χ1n) is 8.71. The minimum atomic E-state index is -4.45. The molecule has 0 unspecified atom stereocenters. The van der Waals surface area contributed by atoms with Crippen molar-refractivity contribution in [2.45, 2.75) is 19.2 Å². The summed E-state index contributed by atoms with van der Waals surface area (Å²) in [4.78, 5) is 22.1. The lowest BCUT2D eigenvalue weighted by Crippen LogP contribution is -2.41. The number of rotatable bonds is 2. The smallest absolute Gasteiger partial charge is 0.368 e. The van der Waals surface area contributed by atoms with Gasteiger partial charge in [-0.3, -0.25) is 9.20 Å². The SMILES string of the molecule is CC(=O)N1CCO[C@H](c2cccc(-c3cnc4ccc(C(F)(F)F)cn34)n2)C1. The maximum atomic E-state index is 13.1. The fraction of sp³-hybridized carbons (Fsp3) is 0.316. The molecular formula is C19H17F3N4O2. The second kappa shape index (κ2) is 6.90. The summed E-state index contributed by atoms with van der Waals surface area (Å²) in [6, 6.07) is 7.58. The lowest BCUT2D eigenvalue weighted by Gasteiger charge is -2.32. The van der Waals surface area contributed by atoms with Gasteiger partial charge in [0.1, 0.15) is 11.8 Å². The van der Waals surface area contributed by atoms with E-state index in [0.29, 0.717) is 42.4 Å². The summed E-state index contributed by atoms with van der Waals surface area (Å²) in [5, 5.41) is 0. The highest BCUT2D eigenvalue weighted by molar-refractivity contribution is 5.73. The molecule has 0 aromatic carbocycles. The Bertz CT molecular complexity index is 1030.